The SMILES string of the molecule is CCn1c(-c2cccc(C(=O)Nc3ccc(OC)c(F)c3)c2)nc2cccnc21. The molecular weight excluding hydrogens is 371 g/mol. The molecule has 0 radical (unpaired) electrons. The highest BCUT2D eigenvalue weighted by Gasteiger charge is 2.15. The van der Waals surface area contributed by atoms with Gasteiger partial charge in [-0.3, -0.25) is 4.79 Å². The van der Waals surface area contributed by atoms with Crippen molar-refractivity contribution in [3.05, 3.63) is 72.2 Å². The molecule has 1 N–H and O–H groups in total. The Morgan fingerprint density at radius 2 is 2.03 bits per heavy atom. The summed E-state index contributed by atoms with van der Waals surface area (Å²) in [6.07, 6.45) is 1.73. The highest BCUT2D eigenvalue weighted by molar-refractivity contribution is 6.05. The summed E-state index contributed by atoms with van der Waals surface area (Å²) in [5.41, 5.74) is 3.20. The molecule has 0 aliphatic carbocycles. The van der Waals surface area contributed by atoms with Crippen LogP contribution in [0.1, 0.15) is 17.3 Å². The molecule has 4 rings (SSSR count). The van der Waals surface area contributed by atoms with E-state index in [1.165, 1.54) is 19.2 Å². The largest absolute Gasteiger partial charge is 0.494 e. The van der Waals surface area contributed by atoms with Crippen LogP contribution in [0.3, 0.4) is 0 Å². The lowest BCUT2D eigenvalue weighted by atomic mass is 10.1. The second-order valence-corrected chi connectivity index (χ2v) is 6.41. The summed E-state index contributed by atoms with van der Waals surface area (Å²) in [6, 6.07) is 15.2. The Labute approximate surface area is 167 Å². The third kappa shape index (κ3) is 3.54. The van der Waals surface area contributed by atoms with Gasteiger partial charge in [0.05, 0.1) is 7.11 Å². The Morgan fingerprint density at radius 1 is 1.17 bits per heavy atom. The molecule has 29 heavy (non-hydrogen) atoms. The molecule has 2 aromatic heterocycles. The number of pyridine rings is 1. The van der Waals surface area contributed by atoms with Crippen LogP contribution >= 0.6 is 0 Å². The number of aromatic nitrogens is 3. The maximum absolute atomic E-state index is 13.9. The van der Waals surface area contributed by atoms with E-state index in [-0.39, 0.29) is 11.7 Å². The Hall–Kier alpha value is -3.74. The first-order chi connectivity index (χ1) is 14.1. The van der Waals surface area contributed by atoms with Crippen LogP contribution in [0, 0.1) is 5.82 Å². The summed E-state index contributed by atoms with van der Waals surface area (Å²) in [5, 5.41) is 2.71. The molecule has 0 bridgehead atoms. The molecule has 1 amide bonds. The molecule has 6 nitrogen and oxygen atoms in total. The van der Waals surface area contributed by atoms with E-state index in [1.807, 2.05) is 29.7 Å². The van der Waals surface area contributed by atoms with Gasteiger partial charge in [0.25, 0.3) is 5.91 Å². The summed E-state index contributed by atoms with van der Waals surface area (Å²) in [7, 11) is 1.39. The van der Waals surface area contributed by atoms with E-state index in [0.717, 1.165) is 22.6 Å². The molecule has 0 unspecified atom stereocenters. The fourth-order valence-corrected chi connectivity index (χ4v) is 3.23. The Bertz CT molecular complexity index is 1200. The standard InChI is InChI=1S/C22H19FN4O2/c1-3-27-20(26-18-8-5-11-24-21(18)27)14-6-4-7-15(12-14)22(28)25-16-9-10-19(29-2)17(23)13-16/h4-13H,3H2,1-2H3,(H,25,28). The van der Waals surface area contributed by atoms with Crippen molar-refractivity contribution in [3.63, 3.8) is 0 Å². The number of halogens is 1. The van der Waals surface area contributed by atoms with E-state index in [1.54, 1.807) is 30.5 Å². The molecule has 0 aliphatic rings. The van der Waals surface area contributed by atoms with Crippen LogP contribution in [0.25, 0.3) is 22.6 Å². The molecule has 2 heterocycles. The van der Waals surface area contributed by atoms with Crippen molar-refractivity contribution in [1.29, 1.82) is 0 Å². The van der Waals surface area contributed by atoms with Gasteiger partial charge in [0.15, 0.2) is 17.2 Å². The predicted molar refractivity (Wildman–Crippen MR) is 110 cm³/mol. The highest BCUT2D eigenvalue weighted by Crippen LogP contribution is 2.25. The average molecular weight is 390 g/mol. The van der Waals surface area contributed by atoms with Crippen LogP contribution in [0.2, 0.25) is 0 Å². The Morgan fingerprint density at radius 3 is 2.79 bits per heavy atom. The minimum Gasteiger partial charge on any atom is -0.494 e. The van der Waals surface area contributed by atoms with Crippen LogP contribution in [-0.2, 0) is 6.54 Å². The fraction of sp³-hybridized carbons (Fsp3) is 0.136. The molecule has 0 atom stereocenters. The average Bonchev–Trinajstić information content (AvgIpc) is 3.12. The summed E-state index contributed by atoms with van der Waals surface area (Å²) in [5.74, 6) is -0.0136. The number of anilines is 1. The van der Waals surface area contributed by atoms with Gasteiger partial charge in [0.1, 0.15) is 11.3 Å². The molecule has 0 spiro atoms. The number of amides is 1. The summed E-state index contributed by atoms with van der Waals surface area (Å²) < 4.78 is 20.8. The van der Waals surface area contributed by atoms with Crippen molar-refractivity contribution in [2.24, 2.45) is 0 Å². The number of nitrogens with one attached hydrogen (secondary N) is 1. The minimum atomic E-state index is -0.539. The van der Waals surface area contributed by atoms with Crippen LogP contribution < -0.4 is 10.1 Å². The van der Waals surface area contributed by atoms with Gasteiger partial charge in [-0.2, -0.15) is 0 Å². The van der Waals surface area contributed by atoms with Crippen molar-refractivity contribution >= 4 is 22.8 Å². The zero-order chi connectivity index (χ0) is 20.4. The van der Waals surface area contributed by atoms with Gasteiger partial charge in [0.2, 0.25) is 0 Å². The number of carbonyl (C=O) groups excluding carboxylic acids is 1. The van der Waals surface area contributed by atoms with Crippen molar-refractivity contribution in [3.8, 4) is 17.1 Å². The first-order valence-corrected chi connectivity index (χ1v) is 9.17. The predicted octanol–water partition coefficient (Wildman–Crippen LogP) is 4.52. The molecule has 0 fully saturated rings. The van der Waals surface area contributed by atoms with Gasteiger partial charge >= 0.3 is 0 Å². The molecule has 0 aliphatic heterocycles. The van der Waals surface area contributed by atoms with Crippen LogP contribution in [0.4, 0.5) is 10.1 Å². The van der Waals surface area contributed by atoms with Crippen molar-refractivity contribution in [2.45, 2.75) is 13.5 Å². The van der Waals surface area contributed by atoms with Gasteiger partial charge in [-0.25, -0.2) is 14.4 Å². The third-order valence-electron chi connectivity index (χ3n) is 4.61. The normalized spacial score (nSPS) is 10.9. The molecule has 2 aromatic carbocycles. The van der Waals surface area contributed by atoms with E-state index in [0.29, 0.717) is 17.8 Å². The Balaban J connectivity index is 1.65. The number of hydrogen-bond donors (Lipinski definition) is 1. The fourth-order valence-electron chi connectivity index (χ4n) is 3.23. The van der Waals surface area contributed by atoms with Gasteiger partial charge in [-0.15, -0.1) is 0 Å². The van der Waals surface area contributed by atoms with Gasteiger partial charge in [-0.1, -0.05) is 12.1 Å². The number of fused-ring (bicyclic) bond motifs is 1. The number of aryl methyl sites for hydroxylation is 1. The summed E-state index contributed by atoms with van der Waals surface area (Å²) in [6.45, 7) is 2.72. The minimum absolute atomic E-state index is 0.122. The van der Waals surface area contributed by atoms with Crippen molar-refractivity contribution < 1.29 is 13.9 Å². The van der Waals surface area contributed by atoms with Crippen molar-refractivity contribution in [1.82, 2.24) is 14.5 Å². The molecule has 7 heteroatoms. The molecular formula is C22H19FN4O2. The second-order valence-electron chi connectivity index (χ2n) is 6.41. The van der Waals surface area contributed by atoms with E-state index in [9.17, 15) is 9.18 Å². The lowest BCUT2D eigenvalue weighted by Crippen LogP contribution is -2.12. The smallest absolute Gasteiger partial charge is 0.255 e. The summed E-state index contributed by atoms with van der Waals surface area (Å²) >= 11 is 0. The lowest BCUT2D eigenvalue weighted by Gasteiger charge is -2.09. The monoisotopic (exact) mass is 390 g/mol. The van der Waals surface area contributed by atoms with E-state index in [2.05, 4.69) is 15.3 Å². The molecule has 0 saturated heterocycles. The zero-order valence-electron chi connectivity index (χ0n) is 16.0. The number of nitrogens with zero attached hydrogens (tertiary/aromatic N) is 3. The number of imidazole rings is 1. The number of benzene rings is 2. The molecule has 0 saturated carbocycles. The topological polar surface area (TPSA) is 69.0 Å². The molecule has 4 aromatic rings. The first kappa shape index (κ1) is 18.6. The molecule has 146 valence electrons. The number of rotatable bonds is 5. The van der Waals surface area contributed by atoms with Crippen LogP contribution in [0.15, 0.2) is 60.8 Å². The van der Waals surface area contributed by atoms with Gasteiger partial charge in [0, 0.05) is 35.6 Å². The number of methoxy groups -OCH3 is 1. The van der Waals surface area contributed by atoms with E-state index >= 15 is 0 Å². The maximum Gasteiger partial charge on any atom is 0.255 e. The lowest BCUT2D eigenvalue weighted by molar-refractivity contribution is 0.102. The zero-order valence-corrected chi connectivity index (χ0v) is 16.0. The number of carbonyl (C=O) groups is 1. The maximum atomic E-state index is 13.9. The van der Waals surface area contributed by atoms with E-state index < -0.39 is 5.82 Å². The van der Waals surface area contributed by atoms with Gasteiger partial charge in [-0.05, 0) is 43.3 Å². The third-order valence-corrected chi connectivity index (χ3v) is 4.61. The second kappa shape index (κ2) is 7.71. The number of ether oxygens (including phenoxy) is 1. The van der Waals surface area contributed by atoms with Crippen molar-refractivity contribution in [2.75, 3.05) is 12.4 Å². The highest BCUT2D eigenvalue weighted by atomic mass is 19.1. The quantitative estimate of drug-likeness (QED) is 0.544. The van der Waals surface area contributed by atoms with Gasteiger partial charge < -0.3 is 14.6 Å². The van der Waals surface area contributed by atoms with Crippen LogP contribution in [-0.4, -0.2) is 27.6 Å². The Kier molecular flexibility index (Phi) is 4.95. The van der Waals surface area contributed by atoms with Crippen LogP contribution in [0.5, 0.6) is 5.75 Å². The number of hydrogen-bond acceptors (Lipinski definition) is 4. The van der Waals surface area contributed by atoms with E-state index in [4.69, 9.17) is 4.74 Å². The first-order valence-electron chi connectivity index (χ1n) is 9.17. The summed E-state index contributed by atoms with van der Waals surface area (Å²) in [4.78, 5) is 21.8.